The van der Waals surface area contributed by atoms with Crippen LogP contribution in [0.25, 0.3) is 0 Å². The molecule has 384 valence electrons. The van der Waals surface area contributed by atoms with Crippen LogP contribution in [0.15, 0.2) is 0 Å². The van der Waals surface area contributed by atoms with Gasteiger partial charge in [-0.15, -0.1) is 0 Å². The summed E-state index contributed by atoms with van der Waals surface area (Å²) in [5.41, 5.74) is 0. The smallest absolute Gasteiger partial charge is 0.462 e. The Labute approximate surface area is 393 Å². The first-order chi connectivity index (χ1) is 31.0. The predicted octanol–water partition coefficient (Wildman–Crippen LogP) is 8.88. The monoisotopic (exact) mass is 993 g/mol. The van der Waals surface area contributed by atoms with Crippen LogP contribution < -0.4 is 0 Å². The van der Waals surface area contributed by atoms with Gasteiger partial charge in [-0.2, -0.15) is 0 Å². The SMILES string of the molecule is CCCCCCCCCCCCCCCC(=O)O[C@H](COC(=O)CCCCCCCCCCCCCCCSC(=O)CCC)COP(=O)(O)OC1C(O)[C@@H](O)C(O)[C@@H](OP(=O)(O)O)[C@H]1O. The van der Waals surface area contributed by atoms with E-state index in [2.05, 4.69) is 11.4 Å². The van der Waals surface area contributed by atoms with Crippen LogP contribution in [-0.2, 0) is 46.6 Å². The normalized spacial score (nSPS) is 21.5. The van der Waals surface area contributed by atoms with Crippen molar-refractivity contribution in [3.05, 3.63) is 0 Å². The fourth-order valence-corrected chi connectivity index (χ4v) is 10.1. The van der Waals surface area contributed by atoms with Gasteiger partial charge in [0.05, 0.1) is 6.61 Å². The molecule has 0 aromatic heterocycles. The van der Waals surface area contributed by atoms with Gasteiger partial charge in [-0.3, -0.25) is 28.0 Å². The molecule has 0 aliphatic heterocycles. The number of ether oxygens (including phenoxy) is 2. The van der Waals surface area contributed by atoms with Gasteiger partial charge in [0.2, 0.25) is 0 Å². The molecule has 0 aromatic carbocycles. The van der Waals surface area contributed by atoms with E-state index in [1.165, 1.54) is 108 Å². The number of hydrogen-bond donors (Lipinski definition) is 7. The Kier molecular flexibility index (Phi) is 36.1. The summed E-state index contributed by atoms with van der Waals surface area (Å²) in [6.45, 7) is 2.89. The van der Waals surface area contributed by atoms with Crippen LogP contribution in [-0.4, -0.2) is 114 Å². The highest BCUT2D eigenvalue weighted by Gasteiger charge is 2.54. The van der Waals surface area contributed by atoms with Gasteiger partial charge in [0.15, 0.2) is 11.2 Å². The topological polar surface area (TPSA) is 273 Å². The van der Waals surface area contributed by atoms with Crippen molar-refractivity contribution >= 4 is 44.5 Å². The lowest BCUT2D eigenvalue weighted by atomic mass is 9.85. The number of thioether (sulfide) groups is 1. The zero-order valence-electron chi connectivity index (χ0n) is 39.4. The molecule has 4 unspecified atom stereocenters. The van der Waals surface area contributed by atoms with E-state index in [0.29, 0.717) is 24.4 Å². The number of aliphatic hydroxyl groups excluding tert-OH is 4. The van der Waals surface area contributed by atoms with E-state index in [1.54, 1.807) is 0 Å². The molecule has 1 fully saturated rings. The molecule has 65 heavy (non-hydrogen) atoms. The van der Waals surface area contributed by atoms with Gasteiger partial charge >= 0.3 is 27.6 Å². The van der Waals surface area contributed by atoms with Crippen molar-refractivity contribution in [2.45, 2.75) is 249 Å². The molecule has 20 heteroatoms. The molecule has 1 aliphatic carbocycles. The van der Waals surface area contributed by atoms with Gasteiger partial charge < -0.3 is 44.6 Å². The standard InChI is InChI=1S/C45H86O17P2S/c1-3-5-6-7-8-9-10-12-16-19-22-25-28-32-38(47)60-36(35-59-64(56,57)62-45-42(51)40(49)41(50)44(43(45)52)61-63(53,54)55)34-58-37(46)31-27-24-21-18-15-13-11-14-17-20-23-26-29-33-65-39(48)30-4-2/h36,40-45,49-52H,3-35H2,1-2H3,(H,56,57)(H2,53,54,55)/t36-,40+,41?,42?,43-,44-,45?/m1/s1. The largest absolute Gasteiger partial charge is 0.472 e. The maximum absolute atomic E-state index is 13.0. The van der Waals surface area contributed by atoms with Crippen molar-refractivity contribution in [2.75, 3.05) is 19.0 Å². The number of rotatable bonds is 42. The van der Waals surface area contributed by atoms with Crippen LogP contribution in [0.4, 0.5) is 0 Å². The third-order valence-corrected chi connectivity index (χ3v) is 14.0. The Balaban J connectivity index is 2.52. The lowest BCUT2D eigenvalue weighted by Gasteiger charge is -2.43. The first-order valence-electron chi connectivity index (χ1n) is 24.6. The molecule has 0 bridgehead atoms. The third-order valence-electron chi connectivity index (χ3n) is 11.4. The summed E-state index contributed by atoms with van der Waals surface area (Å²) in [4.78, 5) is 65.9. The molecule has 0 spiro atoms. The van der Waals surface area contributed by atoms with Crippen molar-refractivity contribution in [1.82, 2.24) is 0 Å². The van der Waals surface area contributed by atoms with Gasteiger partial charge in [0.25, 0.3) is 0 Å². The molecule has 17 nitrogen and oxygen atoms in total. The van der Waals surface area contributed by atoms with Gasteiger partial charge in [-0.25, -0.2) is 9.13 Å². The molecular formula is C45H86O17P2S. The molecule has 7 N–H and O–H groups in total. The Bertz CT molecular complexity index is 1340. The van der Waals surface area contributed by atoms with Crippen molar-refractivity contribution in [2.24, 2.45) is 0 Å². The number of esters is 2. The van der Waals surface area contributed by atoms with E-state index >= 15 is 0 Å². The molecule has 0 heterocycles. The Morgan fingerprint density at radius 1 is 0.492 bits per heavy atom. The number of phosphoric acid groups is 2. The fraction of sp³-hybridized carbons (Fsp3) is 0.933. The second-order valence-corrected chi connectivity index (χ2v) is 21.2. The van der Waals surface area contributed by atoms with Crippen LogP contribution in [0.3, 0.4) is 0 Å². The van der Waals surface area contributed by atoms with Crippen molar-refractivity contribution in [3.63, 3.8) is 0 Å². The van der Waals surface area contributed by atoms with Crippen LogP contribution in [0.1, 0.15) is 206 Å². The lowest BCUT2D eigenvalue weighted by Crippen LogP contribution is -2.64. The van der Waals surface area contributed by atoms with Gasteiger partial charge in [-0.05, 0) is 25.7 Å². The zero-order valence-corrected chi connectivity index (χ0v) is 42.0. The van der Waals surface area contributed by atoms with E-state index in [9.17, 15) is 58.6 Å². The number of aliphatic hydroxyl groups is 4. The molecule has 0 radical (unpaired) electrons. The van der Waals surface area contributed by atoms with Crippen molar-refractivity contribution in [1.29, 1.82) is 0 Å². The second-order valence-electron chi connectivity index (χ2n) is 17.5. The predicted molar refractivity (Wildman–Crippen MR) is 250 cm³/mol. The van der Waals surface area contributed by atoms with Gasteiger partial charge in [-0.1, -0.05) is 173 Å². The Morgan fingerprint density at radius 3 is 1.35 bits per heavy atom. The summed E-state index contributed by atoms with van der Waals surface area (Å²) in [6, 6.07) is 0. The molecule has 1 aliphatic rings. The van der Waals surface area contributed by atoms with Crippen LogP contribution in [0, 0.1) is 0 Å². The highest BCUT2D eigenvalue weighted by atomic mass is 32.2. The highest BCUT2D eigenvalue weighted by Crippen LogP contribution is 2.49. The maximum Gasteiger partial charge on any atom is 0.472 e. The van der Waals surface area contributed by atoms with E-state index in [4.69, 9.17) is 18.5 Å². The van der Waals surface area contributed by atoms with Crippen molar-refractivity contribution in [3.8, 4) is 0 Å². The van der Waals surface area contributed by atoms with E-state index < -0.39 is 83.5 Å². The fourth-order valence-electron chi connectivity index (χ4n) is 7.64. The number of carbonyl (C=O) groups excluding carboxylic acids is 3. The number of phosphoric ester groups is 2. The molecule has 1 rings (SSSR count). The first kappa shape index (κ1) is 62.0. The summed E-state index contributed by atoms with van der Waals surface area (Å²) < 4.78 is 49.4. The summed E-state index contributed by atoms with van der Waals surface area (Å²) >= 11 is 1.47. The van der Waals surface area contributed by atoms with Gasteiger partial charge in [0, 0.05) is 25.0 Å². The van der Waals surface area contributed by atoms with Crippen molar-refractivity contribution < 1.29 is 81.7 Å². The second kappa shape index (κ2) is 37.9. The Morgan fingerprint density at radius 2 is 0.908 bits per heavy atom. The number of hydrogen-bond acceptors (Lipinski definition) is 15. The van der Waals surface area contributed by atoms with E-state index in [1.807, 2.05) is 6.92 Å². The molecule has 1 saturated carbocycles. The van der Waals surface area contributed by atoms with E-state index in [0.717, 1.165) is 70.0 Å². The zero-order chi connectivity index (χ0) is 48.4. The minimum atomic E-state index is -5.37. The Hall–Kier alpha value is -0.980. The van der Waals surface area contributed by atoms with E-state index in [-0.39, 0.29) is 12.8 Å². The molecule has 8 atom stereocenters. The van der Waals surface area contributed by atoms with Crippen LogP contribution >= 0.6 is 27.4 Å². The quantitative estimate of drug-likeness (QED) is 0.0171. The minimum Gasteiger partial charge on any atom is -0.462 e. The summed E-state index contributed by atoms with van der Waals surface area (Å²) in [5, 5.41) is 41.5. The summed E-state index contributed by atoms with van der Waals surface area (Å²) in [5.74, 6) is -0.286. The first-order valence-corrected chi connectivity index (χ1v) is 28.6. The van der Waals surface area contributed by atoms with Crippen LogP contribution in [0.5, 0.6) is 0 Å². The lowest BCUT2D eigenvalue weighted by molar-refractivity contribution is -0.216. The maximum atomic E-state index is 13.0. The highest BCUT2D eigenvalue weighted by molar-refractivity contribution is 8.13. The average molecular weight is 993 g/mol. The van der Waals surface area contributed by atoms with Gasteiger partial charge in [0.1, 0.15) is 43.2 Å². The van der Waals surface area contributed by atoms with Crippen LogP contribution in [0.2, 0.25) is 0 Å². The molecule has 0 saturated heterocycles. The molecule has 0 aromatic rings. The summed E-state index contributed by atoms with van der Waals surface area (Å²) in [6.07, 6.45) is 15.6. The average Bonchev–Trinajstić information content (AvgIpc) is 3.25. The minimum absolute atomic E-state index is 0.0423. The molecular weight excluding hydrogens is 906 g/mol. The number of unbranched alkanes of at least 4 members (excludes halogenated alkanes) is 24. The summed E-state index contributed by atoms with van der Waals surface area (Å²) in [7, 11) is -10.7. The third kappa shape index (κ3) is 32.5. The molecule has 0 amide bonds. The number of carbonyl (C=O) groups is 3.